The quantitative estimate of drug-likeness (QED) is 0.647. The summed E-state index contributed by atoms with van der Waals surface area (Å²) >= 11 is 1.39. The molecule has 1 saturated heterocycles. The van der Waals surface area contributed by atoms with E-state index in [4.69, 9.17) is 0 Å². The Hall–Kier alpha value is -2.35. The van der Waals surface area contributed by atoms with Gasteiger partial charge in [0.1, 0.15) is 0 Å². The van der Waals surface area contributed by atoms with Crippen molar-refractivity contribution < 1.29 is 4.79 Å². The first-order valence-corrected chi connectivity index (χ1v) is 10.1. The van der Waals surface area contributed by atoms with E-state index >= 15 is 0 Å². The maximum atomic E-state index is 12.9. The standard InChI is InChI=1S/C19H23N5O2S/c1-12-7-6-10-23(11-12)16(25)13(2)27-19-21-20-18-22(3)17(26)14-8-4-5-9-15(14)24(18)19/h4-5,8-9,12-13H,6-7,10-11H2,1-3H3/t12-,13+/m1/s1. The van der Waals surface area contributed by atoms with E-state index in [0.717, 1.165) is 25.0 Å². The van der Waals surface area contributed by atoms with Crippen molar-refractivity contribution in [3.05, 3.63) is 34.6 Å². The molecule has 1 aliphatic heterocycles. The van der Waals surface area contributed by atoms with Crippen LogP contribution in [0.5, 0.6) is 0 Å². The number of nitrogens with zero attached hydrogens (tertiary/aromatic N) is 5. The third-order valence-corrected chi connectivity index (χ3v) is 6.23. The number of thioether (sulfide) groups is 1. The van der Waals surface area contributed by atoms with Crippen LogP contribution in [0.4, 0.5) is 0 Å². The smallest absolute Gasteiger partial charge is 0.262 e. The minimum Gasteiger partial charge on any atom is -0.341 e. The first-order valence-electron chi connectivity index (χ1n) is 9.25. The summed E-state index contributed by atoms with van der Waals surface area (Å²) in [6.45, 7) is 5.75. The average molecular weight is 385 g/mol. The van der Waals surface area contributed by atoms with Gasteiger partial charge in [-0.1, -0.05) is 30.8 Å². The molecule has 3 aromatic rings. The summed E-state index contributed by atoms with van der Waals surface area (Å²) in [7, 11) is 1.69. The van der Waals surface area contributed by atoms with Crippen LogP contribution < -0.4 is 5.56 Å². The lowest BCUT2D eigenvalue weighted by atomic mass is 10.0. The normalized spacial score (nSPS) is 18.9. The highest BCUT2D eigenvalue weighted by Crippen LogP contribution is 2.27. The summed E-state index contributed by atoms with van der Waals surface area (Å²) < 4.78 is 3.36. The summed E-state index contributed by atoms with van der Waals surface area (Å²) in [6, 6.07) is 7.42. The predicted molar refractivity (Wildman–Crippen MR) is 106 cm³/mol. The van der Waals surface area contributed by atoms with Crippen LogP contribution in [-0.2, 0) is 11.8 Å². The molecule has 0 unspecified atom stereocenters. The van der Waals surface area contributed by atoms with E-state index in [1.54, 1.807) is 13.1 Å². The Balaban J connectivity index is 1.70. The van der Waals surface area contributed by atoms with Crippen LogP contribution in [0.3, 0.4) is 0 Å². The molecular weight excluding hydrogens is 362 g/mol. The van der Waals surface area contributed by atoms with Crippen LogP contribution in [0.15, 0.2) is 34.2 Å². The molecule has 8 heteroatoms. The highest BCUT2D eigenvalue weighted by atomic mass is 32.2. The van der Waals surface area contributed by atoms with Gasteiger partial charge in [0.15, 0.2) is 5.16 Å². The number of benzene rings is 1. The van der Waals surface area contributed by atoms with E-state index < -0.39 is 0 Å². The number of piperidine rings is 1. The Kier molecular flexibility index (Phi) is 4.67. The number of likely N-dealkylation sites (tertiary alicyclic amines) is 1. The van der Waals surface area contributed by atoms with Crippen molar-refractivity contribution in [3.63, 3.8) is 0 Å². The molecule has 1 fully saturated rings. The van der Waals surface area contributed by atoms with Gasteiger partial charge >= 0.3 is 0 Å². The number of hydrogen-bond donors (Lipinski definition) is 0. The van der Waals surface area contributed by atoms with Gasteiger partial charge in [-0.25, -0.2) is 0 Å². The zero-order valence-electron chi connectivity index (χ0n) is 15.8. The van der Waals surface area contributed by atoms with Gasteiger partial charge < -0.3 is 4.90 Å². The molecule has 1 amide bonds. The first kappa shape index (κ1) is 18.0. The number of hydrogen-bond acceptors (Lipinski definition) is 5. The molecule has 1 aromatic carbocycles. The van der Waals surface area contributed by atoms with Crippen LogP contribution in [0, 0.1) is 5.92 Å². The number of fused-ring (bicyclic) bond motifs is 3. The molecule has 27 heavy (non-hydrogen) atoms. The largest absolute Gasteiger partial charge is 0.341 e. The molecular formula is C19H23N5O2S. The first-order chi connectivity index (χ1) is 13.0. The fraction of sp³-hybridized carbons (Fsp3) is 0.474. The second-order valence-electron chi connectivity index (χ2n) is 7.29. The number of aryl methyl sites for hydroxylation is 1. The van der Waals surface area contributed by atoms with Crippen LogP contribution >= 0.6 is 11.8 Å². The van der Waals surface area contributed by atoms with E-state index in [0.29, 0.717) is 22.2 Å². The van der Waals surface area contributed by atoms with Gasteiger partial charge in [-0.3, -0.25) is 18.6 Å². The van der Waals surface area contributed by atoms with Crippen molar-refractivity contribution >= 4 is 34.3 Å². The zero-order chi connectivity index (χ0) is 19.1. The van der Waals surface area contributed by atoms with Crippen molar-refractivity contribution in [1.29, 1.82) is 0 Å². The molecule has 7 nitrogen and oxygen atoms in total. The molecule has 4 rings (SSSR count). The van der Waals surface area contributed by atoms with Gasteiger partial charge in [0.05, 0.1) is 16.2 Å². The number of rotatable bonds is 3. The van der Waals surface area contributed by atoms with Crippen LogP contribution in [0.1, 0.15) is 26.7 Å². The Morgan fingerprint density at radius 2 is 2.07 bits per heavy atom. The highest BCUT2D eigenvalue weighted by molar-refractivity contribution is 8.00. The van der Waals surface area contributed by atoms with Crippen LogP contribution in [-0.4, -0.2) is 48.3 Å². The second-order valence-corrected chi connectivity index (χ2v) is 8.60. The Labute approximate surface area is 161 Å². The van der Waals surface area contributed by atoms with Crippen molar-refractivity contribution in [3.8, 4) is 0 Å². The number of carbonyl (C=O) groups is 1. The minimum atomic E-state index is -0.265. The Morgan fingerprint density at radius 1 is 1.30 bits per heavy atom. The highest BCUT2D eigenvalue weighted by Gasteiger charge is 2.27. The van der Waals surface area contributed by atoms with Gasteiger partial charge in [0.25, 0.3) is 5.56 Å². The number of aromatic nitrogens is 4. The fourth-order valence-electron chi connectivity index (χ4n) is 3.74. The molecule has 2 atom stereocenters. The summed E-state index contributed by atoms with van der Waals surface area (Å²) in [6.07, 6.45) is 2.24. The van der Waals surface area contributed by atoms with Gasteiger partial charge in [-0.05, 0) is 37.8 Å². The van der Waals surface area contributed by atoms with E-state index in [2.05, 4.69) is 17.1 Å². The maximum Gasteiger partial charge on any atom is 0.262 e. The third kappa shape index (κ3) is 3.12. The van der Waals surface area contributed by atoms with Gasteiger partial charge in [0.2, 0.25) is 11.7 Å². The van der Waals surface area contributed by atoms with Gasteiger partial charge in [0, 0.05) is 20.1 Å². The lowest BCUT2D eigenvalue weighted by Crippen LogP contribution is -2.42. The van der Waals surface area contributed by atoms with Gasteiger partial charge in [-0.15, -0.1) is 10.2 Å². The molecule has 3 heterocycles. The average Bonchev–Trinajstić information content (AvgIpc) is 3.09. The molecule has 2 aromatic heterocycles. The molecule has 1 aliphatic rings. The number of para-hydroxylation sites is 1. The molecule has 0 radical (unpaired) electrons. The summed E-state index contributed by atoms with van der Waals surface area (Å²) in [5, 5.41) is 9.44. The second kappa shape index (κ2) is 6.99. The predicted octanol–water partition coefficient (Wildman–Crippen LogP) is 2.32. The molecule has 0 N–H and O–H groups in total. The van der Waals surface area contributed by atoms with Gasteiger partial charge in [-0.2, -0.15) is 0 Å². The van der Waals surface area contributed by atoms with E-state index in [1.807, 2.05) is 34.4 Å². The number of carbonyl (C=O) groups excluding carboxylic acids is 1. The van der Waals surface area contributed by atoms with E-state index in [9.17, 15) is 9.59 Å². The van der Waals surface area contributed by atoms with Crippen molar-refractivity contribution in [2.24, 2.45) is 13.0 Å². The molecule has 0 spiro atoms. The zero-order valence-corrected chi connectivity index (χ0v) is 16.6. The molecule has 142 valence electrons. The summed E-state index contributed by atoms with van der Waals surface area (Å²) in [5.41, 5.74) is 0.655. The lowest BCUT2D eigenvalue weighted by Gasteiger charge is -2.32. The van der Waals surface area contributed by atoms with Crippen molar-refractivity contribution in [2.75, 3.05) is 13.1 Å². The monoisotopic (exact) mass is 385 g/mol. The summed E-state index contributed by atoms with van der Waals surface area (Å²) in [5.74, 6) is 1.16. The number of amides is 1. The molecule has 0 aliphatic carbocycles. The van der Waals surface area contributed by atoms with E-state index in [-0.39, 0.29) is 16.7 Å². The SMILES string of the molecule is C[C@@H]1CCCN(C(=O)[C@H](C)Sc2nnc3n(C)c(=O)c4ccccc4n23)C1. The molecule has 0 saturated carbocycles. The summed E-state index contributed by atoms with van der Waals surface area (Å²) in [4.78, 5) is 27.4. The maximum absolute atomic E-state index is 12.9. The lowest BCUT2D eigenvalue weighted by molar-refractivity contribution is -0.131. The topological polar surface area (TPSA) is 72.5 Å². The van der Waals surface area contributed by atoms with Crippen molar-refractivity contribution in [2.45, 2.75) is 37.1 Å². The van der Waals surface area contributed by atoms with Crippen LogP contribution in [0.25, 0.3) is 16.7 Å². The molecule has 0 bridgehead atoms. The third-order valence-electron chi connectivity index (χ3n) is 5.19. The minimum absolute atomic E-state index is 0.103. The van der Waals surface area contributed by atoms with Crippen molar-refractivity contribution in [1.82, 2.24) is 24.1 Å². The van der Waals surface area contributed by atoms with Crippen LogP contribution in [0.2, 0.25) is 0 Å². The Bertz CT molecular complexity index is 1070. The fourth-order valence-corrected chi connectivity index (χ4v) is 4.68. The Morgan fingerprint density at radius 3 is 2.85 bits per heavy atom. The van der Waals surface area contributed by atoms with E-state index in [1.165, 1.54) is 22.7 Å².